The number of aliphatic imine (C=N–C) groups is 1. The van der Waals surface area contributed by atoms with E-state index in [-0.39, 0.29) is 0 Å². The number of nitrogens with zero attached hydrogens (tertiary/aromatic N) is 2. The fourth-order valence-electron chi connectivity index (χ4n) is 3.42. The molecule has 0 aromatic carbocycles. The van der Waals surface area contributed by atoms with Gasteiger partial charge in [-0.3, -0.25) is 9.89 Å². The van der Waals surface area contributed by atoms with E-state index in [9.17, 15) is 0 Å². The van der Waals surface area contributed by atoms with E-state index in [0.717, 1.165) is 38.1 Å². The molecule has 1 saturated carbocycles. The minimum atomic E-state index is 0.547. The van der Waals surface area contributed by atoms with Crippen molar-refractivity contribution in [1.82, 2.24) is 15.5 Å². The fraction of sp³-hybridized carbons (Fsp3) is 0.938. The van der Waals surface area contributed by atoms with Crippen LogP contribution in [0.5, 0.6) is 0 Å². The summed E-state index contributed by atoms with van der Waals surface area (Å²) in [6.45, 7) is 7.05. The van der Waals surface area contributed by atoms with Gasteiger partial charge >= 0.3 is 0 Å². The van der Waals surface area contributed by atoms with Crippen molar-refractivity contribution in [2.45, 2.75) is 57.5 Å². The number of ether oxygens (including phenoxy) is 1. The maximum atomic E-state index is 5.07. The molecule has 5 heteroatoms. The van der Waals surface area contributed by atoms with Crippen LogP contribution in [0, 0.1) is 0 Å². The molecule has 1 aliphatic carbocycles. The highest BCUT2D eigenvalue weighted by Gasteiger charge is 2.30. The number of hydrogen-bond donors (Lipinski definition) is 2. The van der Waals surface area contributed by atoms with Crippen LogP contribution in [-0.2, 0) is 4.74 Å². The second kappa shape index (κ2) is 9.26. The molecule has 1 unspecified atom stereocenters. The average molecular weight is 296 g/mol. The van der Waals surface area contributed by atoms with Crippen LogP contribution in [0.4, 0.5) is 0 Å². The molecule has 21 heavy (non-hydrogen) atoms. The molecule has 1 aliphatic heterocycles. The second-order valence-electron chi connectivity index (χ2n) is 6.17. The zero-order chi connectivity index (χ0) is 14.9. The summed E-state index contributed by atoms with van der Waals surface area (Å²) in [5.74, 6) is 0.965. The van der Waals surface area contributed by atoms with Crippen LogP contribution in [-0.4, -0.2) is 62.8 Å². The Morgan fingerprint density at radius 3 is 2.81 bits per heavy atom. The van der Waals surface area contributed by atoms with Crippen molar-refractivity contribution in [1.29, 1.82) is 0 Å². The molecule has 0 spiro atoms. The van der Waals surface area contributed by atoms with Crippen LogP contribution in [0.25, 0.3) is 0 Å². The number of guanidine groups is 1. The standard InChI is InChI=1S/C16H32N4O/c1-3-17-16(18-10-6-12-21-2)19-14-9-11-20(13-14)15-7-4-5-8-15/h14-15H,3-13H2,1-2H3,(H2,17,18,19). The predicted octanol–water partition coefficient (Wildman–Crippen LogP) is 1.59. The first-order valence-electron chi connectivity index (χ1n) is 8.61. The Labute approximate surface area is 129 Å². The van der Waals surface area contributed by atoms with Gasteiger partial charge in [-0.1, -0.05) is 12.8 Å². The third kappa shape index (κ3) is 5.47. The lowest BCUT2D eigenvalue weighted by atomic mass is 10.2. The minimum absolute atomic E-state index is 0.547. The monoisotopic (exact) mass is 296 g/mol. The lowest BCUT2D eigenvalue weighted by Gasteiger charge is -2.24. The molecule has 122 valence electrons. The minimum Gasteiger partial charge on any atom is -0.385 e. The molecule has 0 radical (unpaired) electrons. The number of nitrogens with one attached hydrogen (secondary N) is 2. The molecular formula is C16H32N4O. The van der Waals surface area contributed by atoms with Crippen LogP contribution in [0.2, 0.25) is 0 Å². The van der Waals surface area contributed by atoms with E-state index in [1.165, 1.54) is 45.2 Å². The van der Waals surface area contributed by atoms with E-state index in [1.54, 1.807) is 7.11 Å². The molecule has 2 rings (SSSR count). The maximum Gasteiger partial charge on any atom is 0.191 e. The molecule has 1 saturated heterocycles. The SMILES string of the molecule is CCNC(=NCCCOC)NC1CCN(C2CCCC2)C1. The summed E-state index contributed by atoms with van der Waals surface area (Å²) < 4.78 is 5.07. The summed E-state index contributed by atoms with van der Waals surface area (Å²) in [5.41, 5.74) is 0. The van der Waals surface area contributed by atoms with Crippen molar-refractivity contribution in [3.8, 4) is 0 Å². The highest BCUT2D eigenvalue weighted by atomic mass is 16.5. The first-order chi connectivity index (χ1) is 10.3. The number of methoxy groups -OCH3 is 1. The van der Waals surface area contributed by atoms with Crippen LogP contribution >= 0.6 is 0 Å². The molecule has 0 bridgehead atoms. The van der Waals surface area contributed by atoms with E-state index < -0.39 is 0 Å². The van der Waals surface area contributed by atoms with Gasteiger partial charge in [-0.05, 0) is 32.6 Å². The van der Waals surface area contributed by atoms with E-state index >= 15 is 0 Å². The first-order valence-corrected chi connectivity index (χ1v) is 8.61. The van der Waals surface area contributed by atoms with Gasteiger partial charge < -0.3 is 15.4 Å². The Morgan fingerprint density at radius 1 is 1.29 bits per heavy atom. The zero-order valence-electron chi connectivity index (χ0n) is 13.7. The van der Waals surface area contributed by atoms with E-state index in [2.05, 4.69) is 27.4 Å². The van der Waals surface area contributed by atoms with Crippen molar-refractivity contribution < 1.29 is 4.74 Å². The molecule has 1 heterocycles. The molecule has 0 aromatic heterocycles. The molecule has 0 amide bonds. The third-order valence-corrected chi connectivity index (χ3v) is 4.52. The first kappa shape index (κ1) is 16.6. The summed E-state index contributed by atoms with van der Waals surface area (Å²) in [4.78, 5) is 7.31. The predicted molar refractivity (Wildman–Crippen MR) is 87.8 cm³/mol. The lowest BCUT2D eigenvalue weighted by molar-refractivity contribution is 0.197. The van der Waals surface area contributed by atoms with E-state index in [4.69, 9.17) is 4.74 Å². The Hall–Kier alpha value is -0.810. The summed E-state index contributed by atoms with van der Waals surface area (Å²) in [6, 6.07) is 1.39. The maximum absolute atomic E-state index is 5.07. The van der Waals surface area contributed by atoms with Crippen molar-refractivity contribution in [2.24, 2.45) is 4.99 Å². The summed E-state index contributed by atoms with van der Waals surface area (Å²) in [7, 11) is 1.74. The molecule has 2 N–H and O–H groups in total. The summed E-state index contributed by atoms with van der Waals surface area (Å²) >= 11 is 0. The highest BCUT2D eigenvalue weighted by Crippen LogP contribution is 2.26. The van der Waals surface area contributed by atoms with Crippen LogP contribution in [0.1, 0.15) is 45.4 Å². The quantitative estimate of drug-likeness (QED) is 0.426. The smallest absolute Gasteiger partial charge is 0.191 e. The highest BCUT2D eigenvalue weighted by molar-refractivity contribution is 5.80. The number of likely N-dealkylation sites (tertiary alicyclic amines) is 1. The number of rotatable bonds is 7. The molecule has 0 aromatic rings. The van der Waals surface area contributed by atoms with Gasteiger partial charge in [0, 0.05) is 52.0 Å². The van der Waals surface area contributed by atoms with Crippen LogP contribution in [0.3, 0.4) is 0 Å². The fourth-order valence-corrected chi connectivity index (χ4v) is 3.42. The Bertz CT molecular complexity index is 315. The van der Waals surface area contributed by atoms with Gasteiger partial charge in [0.2, 0.25) is 0 Å². The van der Waals surface area contributed by atoms with E-state index in [1.807, 2.05) is 0 Å². The van der Waals surface area contributed by atoms with Gasteiger partial charge in [0.15, 0.2) is 5.96 Å². The van der Waals surface area contributed by atoms with Crippen molar-refractivity contribution in [2.75, 3.05) is 39.9 Å². The van der Waals surface area contributed by atoms with Gasteiger partial charge in [-0.15, -0.1) is 0 Å². The Morgan fingerprint density at radius 2 is 2.10 bits per heavy atom. The zero-order valence-corrected chi connectivity index (χ0v) is 13.7. The van der Waals surface area contributed by atoms with Gasteiger partial charge in [-0.25, -0.2) is 0 Å². The van der Waals surface area contributed by atoms with Crippen LogP contribution in [0.15, 0.2) is 4.99 Å². The van der Waals surface area contributed by atoms with Gasteiger partial charge in [0.25, 0.3) is 0 Å². The molecule has 2 aliphatic rings. The molecule has 2 fully saturated rings. The van der Waals surface area contributed by atoms with Crippen molar-refractivity contribution in [3.05, 3.63) is 0 Å². The molecule has 1 atom stereocenters. The van der Waals surface area contributed by atoms with E-state index in [0.29, 0.717) is 6.04 Å². The Kier molecular flexibility index (Phi) is 7.30. The molecular weight excluding hydrogens is 264 g/mol. The van der Waals surface area contributed by atoms with Gasteiger partial charge in [0.05, 0.1) is 0 Å². The Balaban J connectivity index is 1.75. The largest absolute Gasteiger partial charge is 0.385 e. The lowest BCUT2D eigenvalue weighted by Crippen LogP contribution is -2.45. The average Bonchev–Trinajstić information content (AvgIpc) is 3.14. The summed E-state index contributed by atoms with van der Waals surface area (Å²) in [6.07, 6.45) is 7.85. The number of hydrogen-bond acceptors (Lipinski definition) is 3. The van der Waals surface area contributed by atoms with Gasteiger partial charge in [-0.2, -0.15) is 0 Å². The second-order valence-corrected chi connectivity index (χ2v) is 6.17. The molecule has 5 nitrogen and oxygen atoms in total. The normalized spacial score (nSPS) is 24.7. The summed E-state index contributed by atoms with van der Waals surface area (Å²) in [5, 5.41) is 6.95. The third-order valence-electron chi connectivity index (χ3n) is 4.52. The van der Waals surface area contributed by atoms with Crippen LogP contribution < -0.4 is 10.6 Å². The topological polar surface area (TPSA) is 48.9 Å². The van der Waals surface area contributed by atoms with Crippen molar-refractivity contribution in [3.63, 3.8) is 0 Å². The van der Waals surface area contributed by atoms with Gasteiger partial charge in [0.1, 0.15) is 0 Å². The van der Waals surface area contributed by atoms with Crippen molar-refractivity contribution >= 4 is 5.96 Å².